The first-order valence-corrected chi connectivity index (χ1v) is 6.47. The summed E-state index contributed by atoms with van der Waals surface area (Å²) in [6.45, 7) is 3.58. The zero-order valence-corrected chi connectivity index (χ0v) is 11.7. The van der Waals surface area contributed by atoms with Gasteiger partial charge in [-0.25, -0.2) is 4.79 Å². The lowest BCUT2D eigenvalue weighted by Crippen LogP contribution is -2.58. The van der Waals surface area contributed by atoms with Gasteiger partial charge < -0.3 is 4.74 Å². The van der Waals surface area contributed by atoms with E-state index in [1.165, 1.54) is 6.08 Å². The smallest absolute Gasteiger partial charge is 0.331 e. The first kappa shape index (κ1) is 14.8. The summed E-state index contributed by atoms with van der Waals surface area (Å²) in [6.07, 6.45) is 1.67. The van der Waals surface area contributed by atoms with E-state index in [1.54, 1.807) is 31.4 Å². The van der Waals surface area contributed by atoms with Crippen LogP contribution in [0.4, 0.5) is 4.79 Å². The van der Waals surface area contributed by atoms with Gasteiger partial charge in [0.15, 0.2) is 0 Å². The van der Waals surface area contributed by atoms with E-state index in [9.17, 15) is 14.4 Å². The van der Waals surface area contributed by atoms with Gasteiger partial charge in [-0.2, -0.15) is 0 Å². The predicted molar refractivity (Wildman–Crippen MR) is 75.6 cm³/mol. The highest BCUT2D eigenvalue weighted by Gasteiger charge is 2.39. The molecule has 2 rings (SSSR count). The number of amides is 4. The van der Waals surface area contributed by atoms with Crippen molar-refractivity contribution < 1.29 is 19.1 Å². The number of nitrogens with zero attached hydrogens (tertiary/aromatic N) is 1. The van der Waals surface area contributed by atoms with Gasteiger partial charge in [-0.15, -0.1) is 6.58 Å². The Labute approximate surface area is 122 Å². The molecule has 1 saturated heterocycles. The highest BCUT2D eigenvalue weighted by atomic mass is 16.5. The van der Waals surface area contributed by atoms with Gasteiger partial charge in [0.25, 0.3) is 0 Å². The summed E-state index contributed by atoms with van der Waals surface area (Å²) < 4.78 is 5.05. The molecular weight excluding hydrogens is 272 g/mol. The third-order valence-corrected chi connectivity index (χ3v) is 3.27. The number of nitrogens with one attached hydrogen (secondary N) is 1. The van der Waals surface area contributed by atoms with Gasteiger partial charge in [0.1, 0.15) is 11.7 Å². The van der Waals surface area contributed by atoms with Crippen LogP contribution in [0.5, 0.6) is 5.75 Å². The maximum absolute atomic E-state index is 12.2. The van der Waals surface area contributed by atoms with Gasteiger partial charge in [-0.1, -0.05) is 18.2 Å². The normalized spacial score (nSPS) is 18.4. The molecule has 0 radical (unpaired) electrons. The van der Waals surface area contributed by atoms with Crippen LogP contribution in [0.1, 0.15) is 5.56 Å². The molecule has 1 N–H and O–H groups in total. The van der Waals surface area contributed by atoms with Gasteiger partial charge in [-0.3, -0.25) is 19.8 Å². The average Bonchev–Trinajstić information content (AvgIpc) is 2.48. The summed E-state index contributed by atoms with van der Waals surface area (Å²) in [7, 11) is 1.56. The highest BCUT2D eigenvalue weighted by molar-refractivity contribution is 6.16. The van der Waals surface area contributed by atoms with Crippen LogP contribution in [0, 0.1) is 5.92 Å². The number of imide groups is 2. The number of benzene rings is 1. The Morgan fingerprint density at radius 3 is 2.52 bits per heavy atom. The molecule has 1 atom stereocenters. The molecule has 0 aromatic heterocycles. The standard InChI is InChI=1S/C15H16N2O4/c1-3-8-17-14(19)12(13(18)16-15(17)20)9-10-4-6-11(21-2)7-5-10/h3-7,12H,1,8-9H2,2H3,(H,16,18,20)/t12-/m0/s1. The summed E-state index contributed by atoms with van der Waals surface area (Å²) in [6, 6.07) is 6.39. The van der Waals surface area contributed by atoms with Crippen molar-refractivity contribution in [3.8, 4) is 5.75 Å². The monoisotopic (exact) mass is 288 g/mol. The molecule has 1 aromatic rings. The minimum Gasteiger partial charge on any atom is -0.497 e. The van der Waals surface area contributed by atoms with E-state index in [-0.39, 0.29) is 13.0 Å². The largest absolute Gasteiger partial charge is 0.497 e. The SMILES string of the molecule is C=CCN1C(=O)NC(=O)[C@H](Cc2ccc(OC)cc2)C1=O. The molecule has 21 heavy (non-hydrogen) atoms. The van der Waals surface area contributed by atoms with Crippen LogP contribution in [0.3, 0.4) is 0 Å². The topological polar surface area (TPSA) is 75.7 Å². The minimum absolute atomic E-state index is 0.0804. The third-order valence-electron chi connectivity index (χ3n) is 3.27. The van der Waals surface area contributed by atoms with Gasteiger partial charge in [-0.05, 0) is 24.1 Å². The minimum atomic E-state index is -0.906. The number of hydrogen-bond acceptors (Lipinski definition) is 4. The number of hydrogen-bond donors (Lipinski definition) is 1. The fourth-order valence-electron chi connectivity index (χ4n) is 2.14. The molecule has 0 spiro atoms. The molecule has 6 heteroatoms. The number of carbonyl (C=O) groups excluding carboxylic acids is 3. The van der Waals surface area contributed by atoms with Crippen LogP contribution in [-0.4, -0.2) is 36.4 Å². The maximum atomic E-state index is 12.2. The van der Waals surface area contributed by atoms with Crippen molar-refractivity contribution in [2.24, 2.45) is 5.92 Å². The molecule has 6 nitrogen and oxygen atoms in total. The van der Waals surface area contributed by atoms with Gasteiger partial charge >= 0.3 is 6.03 Å². The Bertz CT molecular complexity index is 580. The first-order chi connectivity index (χ1) is 10.1. The van der Waals surface area contributed by atoms with E-state index < -0.39 is 23.8 Å². The van der Waals surface area contributed by atoms with Crippen LogP contribution in [0.15, 0.2) is 36.9 Å². The number of methoxy groups -OCH3 is 1. The zero-order valence-electron chi connectivity index (χ0n) is 11.7. The van der Waals surface area contributed by atoms with E-state index in [1.807, 2.05) is 0 Å². The van der Waals surface area contributed by atoms with E-state index in [0.29, 0.717) is 5.75 Å². The van der Waals surface area contributed by atoms with E-state index in [2.05, 4.69) is 11.9 Å². The molecule has 0 bridgehead atoms. The molecular formula is C15H16N2O4. The van der Waals surface area contributed by atoms with Crippen LogP contribution in [-0.2, 0) is 16.0 Å². The lowest BCUT2D eigenvalue weighted by molar-refractivity contribution is -0.142. The van der Waals surface area contributed by atoms with Crippen LogP contribution >= 0.6 is 0 Å². The van der Waals surface area contributed by atoms with Crippen molar-refractivity contribution in [1.29, 1.82) is 0 Å². The van der Waals surface area contributed by atoms with E-state index in [0.717, 1.165) is 10.5 Å². The van der Waals surface area contributed by atoms with Crippen molar-refractivity contribution >= 4 is 17.8 Å². The molecule has 0 saturated carbocycles. The quantitative estimate of drug-likeness (QED) is 0.650. The number of ether oxygens (including phenoxy) is 1. The summed E-state index contributed by atoms with van der Waals surface area (Å²) in [5, 5.41) is 2.19. The summed E-state index contributed by atoms with van der Waals surface area (Å²) in [5.74, 6) is -1.28. The molecule has 1 aromatic carbocycles. The second-order valence-electron chi connectivity index (χ2n) is 4.64. The summed E-state index contributed by atoms with van der Waals surface area (Å²) >= 11 is 0. The Morgan fingerprint density at radius 1 is 1.29 bits per heavy atom. The molecule has 1 aliphatic heterocycles. The highest BCUT2D eigenvalue weighted by Crippen LogP contribution is 2.18. The Kier molecular flexibility index (Phi) is 4.37. The van der Waals surface area contributed by atoms with Gasteiger partial charge in [0, 0.05) is 6.54 Å². The second-order valence-corrected chi connectivity index (χ2v) is 4.64. The predicted octanol–water partition coefficient (Wildman–Crippen LogP) is 1.12. The fourth-order valence-corrected chi connectivity index (χ4v) is 2.14. The molecule has 0 unspecified atom stereocenters. The number of carbonyl (C=O) groups is 3. The number of urea groups is 1. The van der Waals surface area contributed by atoms with Crippen LogP contribution in [0.25, 0.3) is 0 Å². The van der Waals surface area contributed by atoms with Crippen molar-refractivity contribution in [3.63, 3.8) is 0 Å². The molecule has 1 fully saturated rings. The van der Waals surface area contributed by atoms with E-state index in [4.69, 9.17) is 4.74 Å². The zero-order chi connectivity index (χ0) is 15.4. The van der Waals surface area contributed by atoms with Crippen molar-refractivity contribution in [2.45, 2.75) is 6.42 Å². The molecule has 4 amide bonds. The lowest BCUT2D eigenvalue weighted by atomic mass is 9.95. The van der Waals surface area contributed by atoms with Crippen LogP contribution in [0.2, 0.25) is 0 Å². The molecule has 1 heterocycles. The first-order valence-electron chi connectivity index (χ1n) is 6.47. The molecule has 1 aliphatic rings. The maximum Gasteiger partial charge on any atom is 0.331 e. The lowest BCUT2D eigenvalue weighted by Gasteiger charge is -2.29. The van der Waals surface area contributed by atoms with Crippen molar-refractivity contribution in [3.05, 3.63) is 42.5 Å². The third kappa shape index (κ3) is 3.10. The van der Waals surface area contributed by atoms with Crippen molar-refractivity contribution in [1.82, 2.24) is 10.2 Å². The molecule has 0 aliphatic carbocycles. The number of rotatable bonds is 5. The van der Waals surface area contributed by atoms with E-state index >= 15 is 0 Å². The fraction of sp³-hybridized carbons (Fsp3) is 0.267. The average molecular weight is 288 g/mol. The summed E-state index contributed by atoms with van der Waals surface area (Å²) in [5.41, 5.74) is 0.817. The second kappa shape index (κ2) is 6.21. The van der Waals surface area contributed by atoms with Gasteiger partial charge in [0.05, 0.1) is 7.11 Å². The van der Waals surface area contributed by atoms with Crippen LogP contribution < -0.4 is 10.1 Å². The van der Waals surface area contributed by atoms with Gasteiger partial charge in [0.2, 0.25) is 11.8 Å². The Balaban J connectivity index is 2.16. The number of barbiturate groups is 1. The van der Waals surface area contributed by atoms with Crippen molar-refractivity contribution in [2.75, 3.05) is 13.7 Å². The molecule has 110 valence electrons. The Morgan fingerprint density at radius 2 is 1.95 bits per heavy atom. The summed E-state index contributed by atoms with van der Waals surface area (Å²) in [4.78, 5) is 36.7. The Hall–Kier alpha value is -2.63.